The van der Waals surface area contributed by atoms with Gasteiger partial charge in [-0.1, -0.05) is 46.5 Å². The van der Waals surface area contributed by atoms with Crippen LogP contribution in [0.1, 0.15) is 53.4 Å². The van der Waals surface area contributed by atoms with Crippen LogP contribution < -0.4 is 0 Å². The van der Waals surface area contributed by atoms with Crippen LogP contribution in [0.25, 0.3) is 0 Å². The molecule has 0 spiro atoms. The fraction of sp³-hybridized carbons (Fsp3) is 0.909. The fourth-order valence-corrected chi connectivity index (χ4v) is 1.58. The van der Waals surface area contributed by atoms with Crippen LogP contribution >= 0.6 is 0 Å². The van der Waals surface area contributed by atoms with E-state index in [4.69, 9.17) is 0 Å². The molecule has 75 valence electrons. The normalized spacial score (nSPS) is 22.2. The van der Waals surface area contributed by atoms with Gasteiger partial charge < -0.3 is 6.42 Å². The Morgan fingerprint density at radius 3 is 2.08 bits per heavy atom. The fourth-order valence-electron chi connectivity index (χ4n) is 1.58. The van der Waals surface area contributed by atoms with Gasteiger partial charge in [0.25, 0.3) is 0 Å². The Bertz CT molecular complexity index is 73.1. The molecule has 0 nitrogen and oxygen atoms in total. The van der Waals surface area contributed by atoms with Crippen molar-refractivity contribution in [1.29, 1.82) is 0 Å². The second-order valence-electron chi connectivity index (χ2n) is 3.46. The van der Waals surface area contributed by atoms with E-state index in [0.717, 1.165) is 11.8 Å². The van der Waals surface area contributed by atoms with Crippen molar-refractivity contribution in [3.8, 4) is 0 Å². The average molecular weight is 342 g/mol. The second kappa shape index (κ2) is 9.75. The quantitative estimate of drug-likeness (QED) is 0.631. The molecule has 1 radical (unpaired) electrons. The smallest absolute Gasteiger partial charge is 0 e. The SMILES string of the molecule is CC.CC(C)C1C[CH-]CCC1.[Re]. The van der Waals surface area contributed by atoms with Gasteiger partial charge in [0.1, 0.15) is 0 Å². The second-order valence-corrected chi connectivity index (χ2v) is 3.46. The van der Waals surface area contributed by atoms with Crippen molar-refractivity contribution in [1.82, 2.24) is 0 Å². The van der Waals surface area contributed by atoms with Gasteiger partial charge >= 0.3 is 0 Å². The van der Waals surface area contributed by atoms with Gasteiger partial charge in [0, 0.05) is 20.4 Å². The molecule has 1 aliphatic carbocycles. The van der Waals surface area contributed by atoms with E-state index in [-0.39, 0.29) is 20.4 Å². The molecule has 0 aliphatic heterocycles. The largest absolute Gasteiger partial charge is 0.328 e. The van der Waals surface area contributed by atoms with Gasteiger partial charge in [-0.2, -0.15) is 12.8 Å². The Morgan fingerprint density at radius 2 is 1.83 bits per heavy atom. The van der Waals surface area contributed by atoms with Crippen LogP contribution in [0.3, 0.4) is 0 Å². The molecular weight excluding hydrogens is 318 g/mol. The van der Waals surface area contributed by atoms with Crippen molar-refractivity contribution in [2.24, 2.45) is 11.8 Å². The van der Waals surface area contributed by atoms with E-state index in [1.54, 1.807) is 0 Å². The third kappa shape index (κ3) is 6.21. The van der Waals surface area contributed by atoms with Crippen molar-refractivity contribution in [3.05, 3.63) is 6.42 Å². The zero-order valence-electron chi connectivity index (χ0n) is 8.94. The monoisotopic (exact) mass is 342 g/mol. The summed E-state index contributed by atoms with van der Waals surface area (Å²) in [4.78, 5) is 0. The molecule has 1 aliphatic rings. The predicted octanol–water partition coefficient (Wildman–Crippen LogP) is 4.06. The van der Waals surface area contributed by atoms with E-state index in [2.05, 4.69) is 20.3 Å². The number of rotatable bonds is 1. The molecule has 1 fully saturated rings. The molecule has 0 N–H and O–H groups in total. The molecule has 1 rings (SSSR count). The van der Waals surface area contributed by atoms with Gasteiger partial charge in [-0.05, 0) is 5.92 Å². The number of hydrogen-bond donors (Lipinski definition) is 0. The Balaban J connectivity index is 0. The van der Waals surface area contributed by atoms with Gasteiger partial charge in [0.15, 0.2) is 0 Å². The summed E-state index contributed by atoms with van der Waals surface area (Å²) in [6, 6.07) is 0. The summed E-state index contributed by atoms with van der Waals surface area (Å²) in [5.41, 5.74) is 0. The minimum absolute atomic E-state index is 0. The average Bonchev–Trinajstić information content (AvgIpc) is 2.10. The van der Waals surface area contributed by atoms with Gasteiger partial charge in [-0.15, -0.1) is 0 Å². The molecule has 0 aromatic carbocycles. The van der Waals surface area contributed by atoms with Gasteiger partial charge in [-0.3, -0.25) is 0 Å². The van der Waals surface area contributed by atoms with Crippen LogP contribution in [0.5, 0.6) is 0 Å². The molecule has 0 aromatic rings. The van der Waals surface area contributed by atoms with Gasteiger partial charge in [0.05, 0.1) is 0 Å². The van der Waals surface area contributed by atoms with Crippen molar-refractivity contribution >= 4 is 0 Å². The summed E-state index contributed by atoms with van der Waals surface area (Å²) in [6.45, 7) is 8.67. The maximum atomic E-state index is 2.45. The van der Waals surface area contributed by atoms with Crippen LogP contribution in [0, 0.1) is 18.3 Å². The van der Waals surface area contributed by atoms with E-state index in [1.807, 2.05) is 13.8 Å². The van der Waals surface area contributed by atoms with E-state index < -0.39 is 0 Å². The van der Waals surface area contributed by atoms with E-state index in [9.17, 15) is 0 Å². The van der Waals surface area contributed by atoms with E-state index in [1.165, 1.54) is 25.7 Å². The molecule has 0 bridgehead atoms. The molecular formula is C11H23Re-. The standard InChI is InChI=1S/C9H17.C2H6.Re/c1-8(2)9-6-4-3-5-7-9;1-2;/h4,8-9H,3,5-7H2,1-2H3;1-2H3;/q-1;;. The molecule has 0 amide bonds. The van der Waals surface area contributed by atoms with Crippen LogP contribution in [0.2, 0.25) is 0 Å². The van der Waals surface area contributed by atoms with Crippen molar-refractivity contribution in [2.45, 2.75) is 53.4 Å². The van der Waals surface area contributed by atoms with Crippen molar-refractivity contribution in [3.63, 3.8) is 0 Å². The van der Waals surface area contributed by atoms with Gasteiger partial charge in [0.2, 0.25) is 0 Å². The zero-order valence-corrected chi connectivity index (χ0v) is 11.7. The topological polar surface area (TPSA) is 0 Å². The van der Waals surface area contributed by atoms with E-state index >= 15 is 0 Å². The molecule has 1 atom stereocenters. The molecule has 1 saturated carbocycles. The maximum Gasteiger partial charge on any atom is 0 e. The van der Waals surface area contributed by atoms with Crippen molar-refractivity contribution in [2.75, 3.05) is 0 Å². The third-order valence-corrected chi connectivity index (χ3v) is 2.40. The number of hydrogen-bond acceptors (Lipinski definition) is 0. The Kier molecular flexibility index (Phi) is 12.3. The van der Waals surface area contributed by atoms with Crippen LogP contribution in [-0.4, -0.2) is 0 Å². The molecule has 0 heterocycles. The Labute approximate surface area is 92.2 Å². The third-order valence-electron chi connectivity index (χ3n) is 2.40. The first kappa shape index (κ1) is 15.1. The van der Waals surface area contributed by atoms with Crippen LogP contribution in [0.15, 0.2) is 0 Å². The first-order chi connectivity index (χ1) is 5.30. The summed E-state index contributed by atoms with van der Waals surface area (Å²) in [7, 11) is 0. The summed E-state index contributed by atoms with van der Waals surface area (Å²) in [5, 5.41) is 0. The molecule has 0 saturated heterocycles. The molecule has 12 heavy (non-hydrogen) atoms. The summed E-state index contributed by atoms with van der Waals surface area (Å²) in [5.74, 6) is 1.90. The Morgan fingerprint density at radius 1 is 1.25 bits per heavy atom. The molecule has 1 heteroatoms. The molecule has 1 unspecified atom stereocenters. The summed E-state index contributed by atoms with van der Waals surface area (Å²) < 4.78 is 0. The predicted molar refractivity (Wildman–Crippen MR) is 52.4 cm³/mol. The van der Waals surface area contributed by atoms with Crippen LogP contribution in [-0.2, 0) is 20.4 Å². The van der Waals surface area contributed by atoms with Gasteiger partial charge in [-0.25, -0.2) is 0 Å². The minimum atomic E-state index is 0. The first-order valence-corrected chi connectivity index (χ1v) is 5.12. The van der Waals surface area contributed by atoms with Crippen molar-refractivity contribution < 1.29 is 20.4 Å². The Hall–Kier alpha value is 0.662. The minimum Gasteiger partial charge on any atom is -0.328 e. The maximum absolute atomic E-state index is 2.45. The van der Waals surface area contributed by atoms with E-state index in [0.29, 0.717) is 0 Å². The summed E-state index contributed by atoms with van der Waals surface area (Å²) >= 11 is 0. The summed E-state index contributed by atoms with van der Waals surface area (Å²) in [6.07, 6.45) is 8.09. The zero-order chi connectivity index (χ0) is 8.69. The first-order valence-electron chi connectivity index (χ1n) is 5.12. The molecule has 0 aromatic heterocycles. The van der Waals surface area contributed by atoms with Crippen LogP contribution in [0.4, 0.5) is 0 Å².